The van der Waals surface area contributed by atoms with Gasteiger partial charge in [-0.3, -0.25) is 4.79 Å². The number of aromatic nitrogens is 2. The van der Waals surface area contributed by atoms with E-state index in [4.69, 9.17) is 11.6 Å². The number of benzene rings is 2. The van der Waals surface area contributed by atoms with Crippen molar-refractivity contribution in [2.75, 3.05) is 18.0 Å². The van der Waals surface area contributed by atoms with Gasteiger partial charge in [0.1, 0.15) is 5.82 Å². The van der Waals surface area contributed by atoms with Crippen LogP contribution in [0.1, 0.15) is 18.4 Å². The second-order valence-corrected chi connectivity index (χ2v) is 7.85. The highest BCUT2D eigenvalue weighted by molar-refractivity contribution is 6.30. The van der Waals surface area contributed by atoms with E-state index in [-0.39, 0.29) is 17.6 Å². The van der Waals surface area contributed by atoms with E-state index in [0.717, 1.165) is 36.3 Å². The van der Waals surface area contributed by atoms with Crippen LogP contribution in [0, 0.1) is 11.7 Å². The number of halogens is 2. The molecule has 154 valence electrons. The smallest absolute Gasteiger partial charge is 0.225 e. The van der Waals surface area contributed by atoms with E-state index in [1.165, 1.54) is 12.1 Å². The Hall–Kier alpha value is -2.99. The number of hydrogen-bond acceptors (Lipinski definition) is 4. The fraction of sp³-hybridized carbons (Fsp3) is 0.261. The zero-order valence-electron chi connectivity index (χ0n) is 16.4. The molecule has 7 heteroatoms. The third-order valence-electron chi connectivity index (χ3n) is 5.29. The standard InChI is InChI=1S/C23H22ClFN4O/c24-19-7-3-16(4-8-19)14-26-23(30)18-2-1-13-29(15-18)22-12-11-21(27-28-22)17-5-9-20(25)10-6-17/h3-12,18H,1-2,13-15H2,(H,26,30)/t18-/m0/s1. The van der Waals surface area contributed by atoms with Gasteiger partial charge in [0.15, 0.2) is 5.82 Å². The van der Waals surface area contributed by atoms with Crippen molar-refractivity contribution in [2.24, 2.45) is 5.92 Å². The Labute approximate surface area is 179 Å². The summed E-state index contributed by atoms with van der Waals surface area (Å²) in [5, 5.41) is 12.3. The molecule has 0 unspecified atom stereocenters. The van der Waals surface area contributed by atoms with Crippen LogP contribution in [0.3, 0.4) is 0 Å². The van der Waals surface area contributed by atoms with E-state index < -0.39 is 0 Å². The van der Waals surface area contributed by atoms with Gasteiger partial charge in [-0.05, 0) is 66.9 Å². The lowest BCUT2D eigenvalue weighted by molar-refractivity contribution is -0.125. The number of piperidine rings is 1. The van der Waals surface area contributed by atoms with Crippen LogP contribution in [0.4, 0.5) is 10.2 Å². The predicted octanol–water partition coefficient (Wildman–Crippen LogP) is 4.47. The molecule has 1 aliphatic heterocycles. The first-order chi connectivity index (χ1) is 14.6. The summed E-state index contributed by atoms with van der Waals surface area (Å²) in [7, 11) is 0. The molecular formula is C23H22ClFN4O. The Kier molecular flexibility index (Phi) is 6.23. The van der Waals surface area contributed by atoms with Gasteiger partial charge in [-0.25, -0.2) is 4.39 Å². The minimum Gasteiger partial charge on any atom is -0.354 e. The summed E-state index contributed by atoms with van der Waals surface area (Å²) in [4.78, 5) is 14.7. The average Bonchev–Trinajstić information content (AvgIpc) is 2.79. The highest BCUT2D eigenvalue weighted by Gasteiger charge is 2.26. The molecular weight excluding hydrogens is 403 g/mol. The summed E-state index contributed by atoms with van der Waals surface area (Å²) >= 11 is 5.90. The van der Waals surface area contributed by atoms with Crippen LogP contribution in [0.2, 0.25) is 5.02 Å². The first kappa shape index (κ1) is 20.3. The van der Waals surface area contributed by atoms with Crippen molar-refractivity contribution < 1.29 is 9.18 Å². The number of amides is 1. The molecule has 4 rings (SSSR count). The summed E-state index contributed by atoms with van der Waals surface area (Å²) in [6, 6.07) is 17.4. The van der Waals surface area contributed by atoms with Crippen molar-refractivity contribution in [1.82, 2.24) is 15.5 Å². The molecule has 0 bridgehead atoms. The molecule has 0 radical (unpaired) electrons. The number of carbonyl (C=O) groups excluding carboxylic acids is 1. The first-order valence-corrected chi connectivity index (χ1v) is 10.3. The van der Waals surface area contributed by atoms with Crippen LogP contribution >= 0.6 is 11.6 Å². The van der Waals surface area contributed by atoms with E-state index >= 15 is 0 Å². The molecule has 0 saturated carbocycles. The average molecular weight is 425 g/mol. The van der Waals surface area contributed by atoms with Crippen molar-refractivity contribution >= 4 is 23.3 Å². The van der Waals surface area contributed by atoms with Crippen LogP contribution in [0.5, 0.6) is 0 Å². The van der Waals surface area contributed by atoms with Crippen LogP contribution < -0.4 is 10.2 Å². The molecule has 1 amide bonds. The van der Waals surface area contributed by atoms with Gasteiger partial charge in [0, 0.05) is 30.2 Å². The van der Waals surface area contributed by atoms with Gasteiger partial charge in [-0.2, -0.15) is 0 Å². The van der Waals surface area contributed by atoms with E-state index in [2.05, 4.69) is 20.4 Å². The second kappa shape index (κ2) is 9.22. The highest BCUT2D eigenvalue weighted by atomic mass is 35.5. The van der Waals surface area contributed by atoms with E-state index in [9.17, 15) is 9.18 Å². The highest BCUT2D eigenvalue weighted by Crippen LogP contribution is 2.24. The van der Waals surface area contributed by atoms with Gasteiger partial charge < -0.3 is 10.2 Å². The first-order valence-electron chi connectivity index (χ1n) is 9.95. The monoisotopic (exact) mass is 424 g/mol. The number of anilines is 1. The lowest BCUT2D eigenvalue weighted by atomic mass is 9.97. The number of carbonyl (C=O) groups is 1. The summed E-state index contributed by atoms with van der Waals surface area (Å²) in [6.07, 6.45) is 1.77. The quantitative estimate of drug-likeness (QED) is 0.656. The zero-order chi connectivity index (χ0) is 20.9. The Morgan fingerprint density at radius 1 is 1.07 bits per heavy atom. The van der Waals surface area contributed by atoms with Crippen LogP contribution in [-0.4, -0.2) is 29.2 Å². The van der Waals surface area contributed by atoms with Crippen LogP contribution in [0.25, 0.3) is 11.3 Å². The molecule has 30 heavy (non-hydrogen) atoms. The Balaban J connectivity index is 1.36. The maximum Gasteiger partial charge on any atom is 0.225 e. The number of nitrogens with zero attached hydrogens (tertiary/aromatic N) is 3. The molecule has 0 aliphatic carbocycles. The van der Waals surface area contributed by atoms with Crippen molar-refractivity contribution in [2.45, 2.75) is 19.4 Å². The van der Waals surface area contributed by atoms with Gasteiger partial charge in [-0.15, -0.1) is 10.2 Å². The van der Waals surface area contributed by atoms with Crippen molar-refractivity contribution in [3.05, 3.63) is 77.1 Å². The fourth-order valence-electron chi connectivity index (χ4n) is 3.60. The second-order valence-electron chi connectivity index (χ2n) is 7.41. The molecule has 1 aromatic heterocycles. The summed E-state index contributed by atoms with van der Waals surface area (Å²) in [5.74, 6) is 0.420. The number of hydrogen-bond donors (Lipinski definition) is 1. The molecule has 2 heterocycles. The molecule has 3 aromatic rings. The van der Waals surface area contributed by atoms with Crippen molar-refractivity contribution in [1.29, 1.82) is 0 Å². The molecule has 1 N–H and O–H groups in total. The van der Waals surface area contributed by atoms with Gasteiger partial charge in [-0.1, -0.05) is 23.7 Å². The third kappa shape index (κ3) is 4.94. The normalized spacial score (nSPS) is 16.3. The van der Waals surface area contributed by atoms with E-state index in [1.54, 1.807) is 12.1 Å². The Bertz CT molecular complexity index is 993. The molecule has 1 saturated heterocycles. The molecule has 2 aromatic carbocycles. The summed E-state index contributed by atoms with van der Waals surface area (Å²) < 4.78 is 13.1. The van der Waals surface area contributed by atoms with Gasteiger partial charge >= 0.3 is 0 Å². The maximum atomic E-state index is 13.1. The summed E-state index contributed by atoms with van der Waals surface area (Å²) in [6.45, 7) is 1.93. The van der Waals surface area contributed by atoms with Crippen molar-refractivity contribution in [3.63, 3.8) is 0 Å². The Morgan fingerprint density at radius 3 is 2.53 bits per heavy atom. The minimum atomic E-state index is -0.281. The van der Waals surface area contributed by atoms with Gasteiger partial charge in [0.25, 0.3) is 0 Å². The zero-order valence-corrected chi connectivity index (χ0v) is 17.1. The summed E-state index contributed by atoms with van der Waals surface area (Å²) in [5.41, 5.74) is 2.52. The lowest BCUT2D eigenvalue weighted by Crippen LogP contribution is -2.43. The maximum absolute atomic E-state index is 13.1. The third-order valence-corrected chi connectivity index (χ3v) is 5.54. The molecule has 1 aliphatic rings. The SMILES string of the molecule is O=C(NCc1ccc(Cl)cc1)[C@H]1CCCN(c2ccc(-c3ccc(F)cc3)nn2)C1. The molecule has 1 atom stereocenters. The van der Waals surface area contributed by atoms with Crippen LogP contribution in [-0.2, 0) is 11.3 Å². The van der Waals surface area contributed by atoms with Gasteiger partial charge in [0.05, 0.1) is 11.6 Å². The van der Waals surface area contributed by atoms with E-state index in [1.807, 2.05) is 36.4 Å². The van der Waals surface area contributed by atoms with E-state index in [0.29, 0.717) is 23.8 Å². The van der Waals surface area contributed by atoms with Crippen LogP contribution in [0.15, 0.2) is 60.7 Å². The molecule has 1 fully saturated rings. The fourth-order valence-corrected chi connectivity index (χ4v) is 3.73. The molecule has 0 spiro atoms. The predicted molar refractivity (Wildman–Crippen MR) is 116 cm³/mol. The number of rotatable bonds is 5. The molecule has 5 nitrogen and oxygen atoms in total. The Morgan fingerprint density at radius 2 is 1.83 bits per heavy atom. The largest absolute Gasteiger partial charge is 0.354 e. The van der Waals surface area contributed by atoms with Gasteiger partial charge in [0.2, 0.25) is 5.91 Å². The van der Waals surface area contributed by atoms with Crippen molar-refractivity contribution in [3.8, 4) is 11.3 Å². The number of nitrogens with one attached hydrogen (secondary N) is 1. The topological polar surface area (TPSA) is 58.1 Å². The lowest BCUT2D eigenvalue weighted by Gasteiger charge is -2.32. The minimum absolute atomic E-state index is 0.0468.